The molecule has 0 spiro atoms. The van der Waals surface area contributed by atoms with Crippen LogP contribution in [-0.2, 0) is 89.7 Å². The van der Waals surface area contributed by atoms with Gasteiger partial charge >= 0.3 is 71.4 Å². The van der Waals surface area contributed by atoms with Crippen molar-refractivity contribution in [2.75, 3.05) is 0 Å². The fraction of sp³-hybridized carbons (Fsp3) is 0. The molecule has 0 N–H and O–H groups in total. The zero-order valence-corrected chi connectivity index (χ0v) is 19.4. The predicted molar refractivity (Wildman–Crippen MR) is 30.4 cm³/mol. The Balaban J connectivity index is -0.0000000225. The fourth-order valence-corrected chi connectivity index (χ4v) is 0. The Morgan fingerprint density at radius 3 is 0.333 bits per heavy atom. The first-order valence-corrected chi connectivity index (χ1v) is 8.76. The van der Waals surface area contributed by atoms with Gasteiger partial charge in [0.15, 0.2) is 0 Å². The first kappa shape index (κ1) is 50.4. The average molecular weight is 741 g/mol. The molecule has 0 aromatic rings. The van der Waals surface area contributed by atoms with Gasteiger partial charge in [0.05, 0.1) is 0 Å². The third kappa shape index (κ3) is 1970. The van der Waals surface area contributed by atoms with Gasteiger partial charge in [-0.15, -0.1) is 0 Å². The van der Waals surface area contributed by atoms with E-state index in [1.54, 1.807) is 0 Å². The maximum atomic E-state index is 8.55. The van der Waals surface area contributed by atoms with Gasteiger partial charge in [0.2, 0.25) is 0 Å². The zero-order chi connectivity index (χ0) is 18.0. The molecule has 0 aromatic carbocycles. The minimum Gasteiger partial charge on any atom is -0.822 e. The first-order valence-electron chi connectivity index (χ1n) is 2.92. The van der Waals surface area contributed by atoms with Crippen LogP contribution in [0.3, 0.4) is 0 Å². The quantitative estimate of drug-likeness (QED) is 0.208. The molecule has 24 heavy (non-hydrogen) atoms. The molecule has 16 nitrogen and oxygen atoms in total. The normalized spacial score (nSPS) is 9.83. The summed E-state index contributed by atoms with van der Waals surface area (Å²) in [6.45, 7) is 0. The minimum absolute atomic E-state index is 0. The molecule has 0 saturated carbocycles. The van der Waals surface area contributed by atoms with E-state index < -0.39 is 31.3 Å². The smallest absolute Gasteiger partial charge is 0.822 e. The molecule has 0 aliphatic carbocycles. The second kappa shape index (κ2) is 21.9. The fourth-order valence-electron chi connectivity index (χ4n) is 0. The van der Waals surface area contributed by atoms with Crippen LogP contribution in [0, 0.1) is 0 Å². The number of rotatable bonds is 0. The van der Waals surface area contributed by atoms with E-state index in [4.69, 9.17) is 77.0 Å². The molecule has 0 aliphatic rings. The monoisotopic (exact) mass is 741 g/mol. The third-order valence-electron chi connectivity index (χ3n) is 0. The van der Waals surface area contributed by atoms with Crippen molar-refractivity contribution in [2.45, 2.75) is 0 Å². The molecular weight excluding hydrogens is 741 g/mol. The van der Waals surface area contributed by atoms with Gasteiger partial charge in [0, 0.05) is 0 Å². The van der Waals surface area contributed by atoms with Crippen LogP contribution in [0.15, 0.2) is 0 Å². The molecule has 0 saturated heterocycles. The van der Waals surface area contributed by atoms with E-state index >= 15 is 0 Å². The summed E-state index contributed by atoms with van der Waals surface area (Å²) in [6, 6.07) is 0. The molecule has 0 bridgehead atoms. The Bertz CT molecular complexity index is 298. The Hall–Kier alpha value is 2.65. The molecule has 24 heteroatoms. The summed E-state index contributed by atoms with van der Waals surface area (Å²) >= 11 is 0. The van der Waals surface area contributed by atoms with Gasteiger partial charge in [-0.2, -0.15) is 31.3 Å². The summed E-state index contributed by atoms with van der Waals surface area (Å²) in [7, 11) is -21.6. The molecule has 0 unspecified atom stereocenters. The van der Waals surface area contributed by atoms with Crippen LogP contribution in [0.4, 0.5) is 0 Å². The molecule has 0 atom stereocenters. The average Bonchev–Trinajstić information content (AvgIpc) is 1.62. The van der Waals surface area contributed by atoms with Crippen molar-refractivity contribution in [1.82, 2.24) is 0 Å². The largest absolute Gasteiger partial charge is 6.00 e. The summed E-state index contributed by atoms with van der Waals surface area (Å²) in [5.74, 6) is 0. The van der Waals surface area contributed by atoms with E-state index in [1.807, 2.05) is 0 Å². The molecule has 0 fully saturated rings. The van der Waals surface area contributed by atoms with Crippen LogP contribution >= 0.6 is 31.3 Å². The van der Waals surface area contributed by atoms with Crippen LogP contribution in [-0.4, -0.2) is 0 Å². The number of phosphoric acid groups is 4. The standard InChI is InChI=1S/3Co.4H3O4P.W/c;;;4*1-5(2,3)4;/h;;;4*(H3,1,2,3,4);/q3*+2;;;;;+6/p-12. The summed E-state index contributed by atoms with van der Waals surface area (Å²) in [5, 5.41) is 0. The maximum Gasteiger partial charge on any atom is 6.00 e. The van der Waals surface area contributed by atoms with Gasteiger partial charge in [-0.25, -0.2) is 0 Å². The molecule has 0 aromatic heterocycles. The number of hydrogen-bond donors (Lipinski definition) is 0. The summed E-state index contributed by atoms with van der Waals surface area (Å²) in [5.41, 5.74) is 0. The molecule has 3 radical (unpaired) electrons. The molecule has 0 heterocycles. The SMILES string of the molecule is O=P([O-])([O-])[O-].O=P([O-])([O-])[O-].O=P([O-])([O-])[O-].O=P([O-])([O-])[O-].[Co+2].[Co+2].[Co+2].[W+6]. The molecule has 0 amide bonds. The minimum atomic E-state index is -5.39. The maximum absolute atomic E-state index is 8.55. The van der Waals surface area contributed by atoms with Gasteiger partial charge < -0.3 is 77.0 Å². The van der Waals surface area contributed by atoms with Gasteiger partial charge in [0.1, 0.15) is 0 Å². The van der Waals surface area contributed by atoms with E-state index in [0.717, 1.165) is 0 Å². The Morgan fingerprint density at radius 1 is 0.333 bits per heavy atom. The third-order valence-corrected chi connectivity index (χ3v) is 0. The van der Waals surface area contributed by atoms with Crippen molar-refractivity contribution >= 4 is 31.3 Å². The van der Waals surface area contributed by atoms with E-state index in [2.05, 4.69) is 0 Å². The van der Waals surface area contributed by atoms with Gasteiger partial charge in [0.25, 0.3) is 0 Å². The van der Waals surface area contributed by atoms with Crippen LogP contribution in [0.25, 0.3) is 0 Å². The summed E-state index contributed by atoms with van der Waals surface area (Å²) < 4.78 is 34.2. The van der Waals surface area contributed by atoms with Crippen molar-refractivity contribution in [3.05, 3.63) is 0 Å². The molecule has 0 aliphatic heterocycles. The van der Waals surface area contributed by atoms with Crippen molar-refractivity contribution < 1.29 is 148 Å². The predicted octanol–water partition coefficient (Wildman–Crippen LogP) is -11.3. The van der Waals surface area contributed by atoms with Crippen LogP contribution in [0.5, 0.6) is 0 Å². The van der Waals surface area contributed by atoms with Crippen LogP contribution in [0.2, 0.25) is 0 Å². The topological polar surface area (TPSA) is 345 Å². The second-order valence-electron chi connectivity index (χ2n) is 1.79. The molecule has 0 rings (SSSR count). The van der Waals surface area contributed by atoms with E-state index in [0.29, 0.717) is 0 Å². The molecule has 149 valence electrons. The van der Waals surface area contributed by atoms with Gasteiger partial charge in [-0.3, -0.25) is 0 Å². The van der Waals surface area contributed by atoms with Crippen LogP contribution in [0.1, 0.15) is 0 Å². The number of hydrogen-bond acceptors (Lipinski definition) is 16. The van der Waals surface area contributed by atoms with Crippen LogP contribution < -0.4 is 58.7 Å². The summed E-state index contributed by atoms with van der Waals surface area (Å²) in [4.78, 5) is 103. The van der Waals surface area contributed by atoms with Gasteiger partial charge in [-0.05, 0) is 0 Å². The second-order valence-corrected chi connectivity index (χ2v) is 5.37. The zero-order valence-electron chi connectivity index (χ0n) is 9.73. The van der Waals surface area contributed by atoms with Crippen molar-refractivity contribution in [2.24, 2.45) is 0 Å². The first-order chi connectivity index (χ1) is 8.00. The summed E-state index contributed by atoms with van der Waals surface area (Å²) in [6.07, 6.45) is 0. The Labute approximate surface area is 178 Å². The molecular formula is Co3O16P4W. The van der Waals surface area contributed by atoms with E-state index in [9.17, 15) is 0 Å². The van der Waals surface area contributed by atoms with Crippen molar-refractivity contribution in [3.8, 4) is 0 Å². The Morgan fingerprint density at radius 2 is 0.333 bits per heavy atom. The Kier molecular flexibility index (Phi) is 46.1. The van der Waals surface area contributed by atoms with E-state index in [-0.39, 0.29) is 71.4 Å². The van der Waals surface area contributed by atoms with E-state index in [1.165, 1.54) is 0 Å². The van der Waals surface area contributed by atoms with Crippen molar-refractivity contribution in [3.63, 3.8) is 0 Å². The van der Waals surface area contributed by atoms with Gasteiger partial charge in [-0.1, -0.05) is 0 Å². The van der Waals surface area contributed by atoms with Crippen molar-refractivity contribution in [1.29, 1.82) is 0 Å².